The number of hydrogen-bond acceptors (Lipinski definition) is 0. The quantitative estimate of drug-likeness (QED) is 0.322. The summed E-state index contributed by atoms with van der Waals surface area (Å²) < 4.78 is 11.3. The Morgan fingerprint density at radius 3 is 2.00 bits per heavy atom. The summed E-state index contributed by atoms with van der Waals surface area (Å²) in [5, 5.41) is 0. The van der Waals surface area contributed by atoms with Crippen molar-refractivity contribution in [1.29, 1.82) is 0 Å². The molecule has 0 fully saturated rings. The molecule has 0 N–H and O–H groups in total. The van der Waals surface area contributed by atoms with Crippen LogP contribution in [0.25, 0.3) is 0 Å². The zero-order chi connectivity index (χ0) is 3.70. The van der Waals surface area contributed by atoms with Crippen LogP contribution in [-0.2, 0) is 0 Å². The van der Waals surface area contributed by atoms with Gasteiger partial charge in [0.1, 0.15) is 5.55 Å². The topological polar surface area (TPSA) is 0 Å². The third-order valence-electron chi connectivity index (χ3n) is 0.410. The summed E-state index contributed by atoms with van der Waals surface area (Å²) >= 11 is 0. The van der Waals surface area contributed by atoms with Gasteiger partial charge in [-0.3, -0.25) is 0 Å². The first kappa shape index (κ1) is 6.84. The summed E-state index contributed by atoms with van der Waals surface area (Å²) in [6.45, 7) is 0. The van der Waals surface area contributed by atoms with E-state index < -0.39 is 0 Å². The summed E-state index contributed by atoms with van der Waals surface area (Å²) in [5.41, 5.74) is -0.0231. The normalized spacial score (nSPS) is 17.2. The predicted molar refractivity (Wildman–Crippen MR) is 29.3 cm³/mol. The van der Waals surface area contributed by atoms with Crippen molar-refractivity contribution >= 4 is 43.3 Å². The van der Waals surface area contributed by atoms with E-state index in [1.165, 1.54) is 6.08 Å². The van der Waals surface area contributed by atoms with Gasteiger partial charge in [-0.1, -0.05) is 0 Å². The van der Waals surface area contributed by atoms with Crippen molar-refractivity contribution in [3.05, 3.63) is 11.9 Å². The monoisotopic (exact) mass is 112 g/mol. The van der Waals surface area contributed by atoms with Crippen molar-refractivity contribution < 1.29 is 4.39 Å². The standard InChI is InChI=1S/C3H2FP.Na.H/c4-3-1-2-5-3;;/h1-2H;;. The van der Waals surface area contributed by atoms with Crippen molar-refractivity contribution in [2.24, 2.45) is 0 Å². The molecule has 1 rings (SSSR count). The molecule has 3 heteroatoms. The molecule has 0 saturated heterocycles. The zero-order valence-corrected chi connectivity index (χ0v) is 3.37. The Labute approximate surface area is 59.5 Å². The minimum absolute atomic E-state index is 0. The molecule has 0 saturated carbocycles. The average Bonchev–Trinajstić information content (AvgIpc) is 1.30. The fourth-order valence-corrected chi connectivity index (χ4v) is 0.393. The summed E-state index contributed by atoms with van der Waals surface area (Å²) in [4.78, 5) is 0. The molecule has 0 nitrogen and oxygen atoms in total. The van der Waals surface area contributed by atoms with Crippen LogP contribution in [0.15, 0.2) is 11.9 Å². The van der Waals surface area contributed by atoms with Gasteiger partial charge in [0.05, 0.1) is 0 Å². The van der Waals surface area contributed by atoms with E-state index in [0.29, 0.717) is 0 Å². The first-order valence-corrected chi connectivity index (χ1v) is 2.26. The van der Waals surface area contributed by atoms with E-state index in [-0.39, 0.29) is 35.1 Å². The molecule has 28 valence electrons. The van der Waals surface area contributed by atoms with Gasteiger partial charge in [-0.25, -0.2) is 4.39 Å². The molecule has 0 bridgehead atoms. The second-order valence-electron chi connectivity index (χ2n) is 0.768. The number of rotatable bonds is 0. The van der Waals surface area contributed by atoms with Gasteiger partial charge in [-0.2, -0.15) is 0 Å². The second kappa shape index (κ2) is 2.92. The van der Waals surface area contributed by atoms with Crippen LogP contribution in [0.5, 0.6) is 0 Å². The Balaban J connectivity index is 0.000000250. The van der Waals surface area contributed by atoms with Crippen molar-refractivity contribution in [2.75, 3.05) is 0 Å². The summed E-state index contributed by atoms with van der Waals surface area (Å²) in [5.74, 6) is 1.76. The van der Waals surface area contributed by atoms with E-state index in [1.54, 1.807) is 5.82 Å². The van der Waals surface area contributed by atoms with E-state index in [9.17, 15) is 4.39 Å². The van der Waals surface area contributed by atoms with E-state index >= 15 is 0 Å². The molecule has 6 heavy (non-hydrogen) atoms. The molecule has 0 aromatic heterocycles. The first-order chi connectivity index (χ1) is 2.39. The fraction of sp³-hybridized carbons (Fsp3) is 0. The van der Waals surface area contributed by atoms with Gasteiger partial charge in [-0.15, -0.1) is 0 Å². The molecule has 0 radical (unpaired) electrons. The Hall–Kier alpha value is 0.840. The van der Waals surface area contributed by atoms with Gasteiger partial charge in [-0.05, 0) is 20.1 Å². The van der Waals surface area contributed by atoms with Gasteiger partial charge in [0, 0.05) is 0 Å². The summed E-state index contributed by atoms with van der Waals surface area (Å²) in [7, 11) is 0.747. The maximum absolute atomic E-state index is 11.3. The molecule has 0 aliphatic carbocycles. The van der Waals surface area contributed by atoms with Crippen molar-refractivity contribution in [3.63, 3.8) is 0 Å². The molecule has 0 aromatic rings. The van der Waals surface area contributed by atoms with Crippen LogP contribution in [-0.4, -0.2) is 35.1 Å². The van der Waals surface area contributed by atoms with Crippen LogP contribution < -0.4 is 0 Å². The molecular weight excluding hydrogens is 109 g/mol. The average molecular weight is 112 g/mol. The van der Waals surface area contributed by atoms with Crippen molar-refractivity contribution in [1.82, 2.24) is 0 Å². The van der Waals surface area contributed by atoms with Crippen LogP contribution in [0.1, 0.15) is 0 Å². The van der Waals surface area contributed by atoms with Gasteiger partial charge in [0.2, 0.25) is 0 Å². The molecule has 0 unspecified atom stereocenters. The Kier molecular flexibility index (Phi) is 3.33. The van der Waals surface area contributed by atoms with Gasteiger partial charge in [0.25, 0.3) is 0 Å². The van der Waals surface area contributed by atoms with Gasteiger partial charge >= 0.3 is 29.6 Å². The number of hydrogen-bond donors (Lipinski definition) is 0. The van der Waals surface area contributed by atoms with E-state index in [0.717, 1.165) is 8.20 Å². The molecule has 0 aromatic carbocycles. The molecule has 0 atom stereocenters. The van der Waals surface area contributed by atoms with Crippen LogP contribution >= 0.6 is 8.20 Å². The molecule has 1 heterocycles. The maximum atomic E-state index is 11.3. The van der Waals surface area contributed by atoms with Crippen LogP contribution in [0.3, 0.4) is 0 Å². The van der Waals surface area contributed by atoms with Crippen LogP contribution in [0.2, 0.25) is 0 Å². The third-order valence-corrected chi connectivity index (χ3v) is 1.10. The molecule has 0 spiro atoms. The fourth-order valence-electron chi connectivity index (χ4n) is 0.131. The van der Waals surface area contributed by atoms with Crippen LogP contribution in [0, 0.1) is 0 Å². The van der Waals surface area contributed by atoms with E-state index in [2.05, 4.69) is 0 Å². The second-order valence-corrected chi connectivity index (χ2v) is 1.75. The van der Waals surface area contributed by atoms with Crippen molar-refractivity contribution in [3.8, 4) is 0 Å². The minimum atomic E-state index is -0.0231. The molecule has 0 amide bonds. The van der Waals surface area contributed by atoms with Gasteiger partial charge in [0.15, 0.2) is 0 Å². The van der Waals surface area contributed by atoms with Crippen molar-refractivity contribution in [2.45, 2.75) is 0 Å². The number of allylic oxidation sites excluding steroid dienone is 1. The zero-order valence-electron chi connectivity index (χ0n) is 2.48. The van der Waals surface area contributed by atoms with E-state index in [1.807, 2.05) is 0 Å². The predicted octanol–water partition coefficient (Wildman–Crippen LogP) is 0.911. The Morgan fingerprint density at radius 2 is 2.00 bits per heavy atom. The third kappa shape index (κ3) is 1.53. The number of halogens is 1. The Bertz CT molecular complexity index is 97.0. The molecule has 1 aliphatic rings. The molecular formula is C3H3FNaP. The van der Waals surface area contributed by atoms with Gasteiger partial charge < -0.3 is 0 Å². The Morgan fingerprint density at radius 1 is 1.67 bits per heavy atom. The van der Waals surface area contributed by atoms with Crippen LogP contribution in [0.4, 0.5) is 4.39 Å². The van der Waals surface area contributed by atoms with E-state index in [4.69, 9.17) is 0 Å². The molecule has 1 aliphatic heterocycles. The SMILES string of the molecule is FC1=PC=C1.[NaH]. The first-order valence-electron chi connectivity index (χ1n) is 1.29. The summed E-state index contributed by atoms with van der Waals surface area (Å²) in [6, 6.07) is 0. The summed E-state index contributed by atoms with van der Waals surface area (Å²) in [6.07, 6.45) is 1.46.